The molecule has 4 nitrogen and oxygen atoms in total. The molecule has 0 spiro atoms. The van der Waals surface area contributed by atoms with Gasteiger partial charge in [-0.1, -0.05) is 6.42 Å². The maximum Gasteiger partial charge on any atom is 0.0738 e. The molecule has 5 heteroatoms. The molecule has 2 saturated carbocycles. The van der Waals surface area contributed by atoms with Gasteiger partial charge in [0, 0.05) is 19.5 Å². The lowest BCUT2D eigenvalue weighted by Gasteiger charge is -2.18. The molecule has 100 valence electrons. The van der Waals surface area contributed by atoms with Crippen molar-refractivity contribution in [1.29, 1.82) is 0 Å². The Morgan fingerprint density at radius 3 is 2.67 bits per heavy atom. The summed E-state index contributed by atoms with van der Waals surface area (Å²) < 4.78 is 3.11. The first kappa shape index (κ1) is 12.6. The number of halogens is 1. The van der Waals surface area contributed by atoms with Gasteiger partial charge in [-0.2, -0.15) is 5.10 Å². The lowest BCUT2D eigenvalue weighted by atomic mass is 10.00. The highest BCUT2D eigenvalue weighted by atomic mass is 79.9. The van der Waals surface area contributed by atoms with E-state index < -0.39 is 0 Å². The van der Waals surface area contributed by atoms with Gasteiger partial charge in [-0.15, -0.1) is 0 Å². The molecule has 2 aliphatic rings. The minimum Gasteiger partial charge on any atom is -0.271 e. The largest absolute Gasteiger partial charge is 0.271 e. The monoisotopic (exact) mass is 312 g/mol. The number of fused-ring (bicyclic) bond motifs is 1. The van der Waals surface area contributed by atoms with E-state index in [2.05, 4.69) is 26.5 Å². The van der Waals surface area contributed by atoms with Crippen molar-refractivity contribution in [1.82, 2.24) is 15.2 Å². The van der Waals surface area contributed by atoms with Gasteiger partial charge >= 0.3 is 0 Å². The maximum atomic E-state index is 5.78. The van der Waals surface area contributed by atoms with E-state index in [1.165, 1.54) is 25.0 Å². The summed E-state index contributed by atoms with van der Waals surface area (Å²) in [6.45, 7) is 2.03. The average molecular weight is 313 g/mol. The van der Waals surface area contributed by atoms with Gasteiger partial charge in [0.15, 0.2) is 0 Å². The van der Waals surface area contributed by atoms with Gasteiger partial charge in [0.25, 0.3) is 0 Å². The SMILES string of the molecule is Cc1nn(C)c(CC(NN)C2C3CCCC32)c1Br. The topological polar surface area (TPSA) is 55.9 Å². The zero-order valence-electron chi connectivity index (χ0n) is 11.0. The zero-order chi connectivity index (χ0) is 12.9. The first-order valence-electron chi connectivity index (χ1n) is 6.77. The van der Waals surface area contributed by atoms with Crippen LogP contribution in [0.3, 0.4) is 0 Å². The summed E-state index contributed by atoms with van der Waals surface area (Å²) in [5.74, 6) is 8.42. The van der Waals surface area contributed by atoms with Crippen molar-refractivity contribution in [3.05, 3.63) is 15.9 Å². The fraction of sp³-hybridized carbons (Fsp3) is 0.769. The predicted molar refractivity (Wildman–Crippen MR) is 74.8 cm³/mol. The molecule has 0 aromatic carbocycles. The van der Waals surface area contributed by atoms with Crippen molar-refractivity contribution in [3.8, 4) is 0 Å². The van der Waals surface area contributed by atoms with E-state index in [-0.39, 0.29) is 0 Å². The summed E-state index contributed by atoms with van der Waals surface area (Å²) in [4.78, 5) is 0. The Kier molecular flexibility index (Phi) is 3.24. The van der Waals surface area contributed by atoms with Gasteiger partial charge in [-0.3, -0.25) is 16.0 Å². The Morgan fingerprint density at radius 1 is 1.50 bits per heavy atom. The van der Waals surface area contributed by atoms with E-state index in [0.717, 1.165) is 34.3 Å². The Hall–Kier alpha value is -0.390. The van der Waals surface area contributed by atoms with Crippen molar-refractivity contribution in [2.75, 3.05) is 0 Å². The predicted octanol–water partition coefficient (Wildman–Crippen LogP) is 1.91. The second-order valence-corrected chi connectivity index (χ2v) is 6.58. The van der Waals surface area contributed by atoms with Crippen molar-refractivity contribution >= 4 is 15.9 Å². The molecule has 3 unspecified atom stereocenters. The van der Waals surface area contributed by atoms with Gasteiger partial charge in [0.2, 0.25) is 0 Å². The molecule has 1 heterocycles. The number of hydrogen-bond acceptors (Lipinski definition) is 3. The second-order valence-electron chi connectivity index (χ2n) is 5.78. The molecule has 2 fully saturated rings. The molecular formula is C13H21BrN4. The van der Waals surface area contributed by atoms with E-state index in [9.17, 15) is 0 Å². The molecule has 3 rings (SSSR count). The third kappa shape index (κ3) is 1.92. The maximum absolute atomic E-state index is 5.78. The normalized spacial score (nSPS) is 31.4. The summed E-state index contributed by atoms with van der Waals surface area (Å²) in [7, 11) is 2.01. The molecule has 0 radical (unpaired) electrons. The number of nitrogens with one attached hydrogen (secondary N) is 1. The van der Waals surface area contributed by atoms with E-state index in [1.807, 2.05) is 18.7 Å². The summed E-state index contributed by atoms with van der Waals surface area (Å²) in [6.07, 6.45) is 5.18. The van der Waals surface area contributed by atoms with Crippen LogP contribution in [0.1, 0.15) is 30.7 Å². The van der Waals surface area contributed by atoms with E-state index in [0.29, 0.717) is 6.04 Å². The highest BCUT2D eigenvalue weighted by molar-refractivity contribution is 9.10. The lowest BCUT2D eigenvalue weighted by Crippen LogP contribution is -2.40. The number of hydrazine groups is 1. The first-order valence-corrected chi connectivity index (χ1v) is 7.57. The molecular weight excluding hydrogens is 292 g/mol. The Morgan fingerprint density at radius 2 is 2.17 bits per heavy atom. The molecule has 2 aliphatic carbocycles. The number of nitrogens with zero attached hydrogens (tertiary/aromatic N) is 2. The number of hydrogen-bond donors (Lipinski definition) is 2. The average Bonchev–Trinajstić information content (AvgIpc) is 2.72. The molecule has 0 amide bonds. The van der Waals surface area contributed by atoms with E-state index in [1.54, 1.807) is 0 Å². The minimum atomic E-state index is 0.395. The number of rotatable bonds is 4. The Balaban J connectivity index is 1.74. The highest BCUT2D eigenvalue weighted by Gasteiger charge is 2.55. The minimum absolute atomic E-state index is 0.395. The molecule has 1 aromatic rings. The zero-order valence-corrected chi connectivity index (χ0v) is 12.6. The van der Waals surface area contributed by atoms with Crippen molar-refractivity contribution in [2.24, 2.45) is 30.6 Å². The molecule has 3 atom stereocenters. The lowest BCUT2D eigenvalue weighted by molar-refractivity contribution is 0.402. The Labute approximate surface area is 116 Å². The van der Waals surface area contributed by atoms with Crippen LogP contribution in [0.25, 0.3) is 0 Å². The van der Waals surface area contributed by atoms with Gasteiger partial charge < -0.3 is 0 Å². The fourth-order valence-electron chi connectivity index (χ4n) is 3.89. The third-order valence-corrected chi connectivity index (χ3v) is 5.86. The second kappa shape index (κ2) is 4.62. The summed E-state index contributed by atoms with van der Waals surface area (Å²) in [6, 6.07) is 0.395. The van der Waals surface area contributed by atoms with E-state index >= 15 is 0 Å². The van der Waals surface area contributed by atoms with Crippen LogP contribution in [0.15, 0.2) is 4.47 Å². The van der Waals surface area contributed by atoms with Crippen LogP contribution in [0.2, 0.25) is 0 Å². The quantitative estimate of drug-likeness (QED) is 0.659. The molecule has 18 heavy (non-hydrogen) atoms. The highest BCUT2D eigenvalue weighted by Crippen LogP contribution is 2.59. The summed E-state index contributed by atoms with van der Waals surface area (Å²) >= 11 is 3.64. The van der Waals surface area contributed by atoms with Crippen LogP contribution in [0, 0.1) is 24.7 Å². The van der Waals surface area contributed by atoms with E-state index in [4.69, 9.17) is 5.84 Å². The molecule has 0 saturated heterocycles. The first-order chi connectivity index (χ1) is 8.63. The Bertz CT molecular complexity index is 446. The number of aromatic nitrogens is 2. The standard InChI is InChI=1S/C13H21BrN4/c1-7-13(14)11(18(2)17-7)6-10(16-15)12-8-4-3-5-9(8)12/h8-10,12,16H,3-6,15H2,1-2H3. The van der Waals surface area contributed by atoms with Crippen LogP contribution in [0.5, 0.6) is 0 Å². The molecule has 0 bridgehead atoms. The summed E-state index contributed by atoms with van der Waals surface area (Å²) in [5, 5.41) is 4.45. The summed E-state index contributed by atoms with van der Waals surface area (Å²) in [5.41, 5.74) is 5.35. The van der Waals surface area contributed by atoms with Gasteiger partial charge in [0.05, 0.1) is 15.9 Å². The molecule has 1 aromatic heterocycles. The fourth-order valence-corrected chi connectivity index (χ4v) is 4.39. The smallest absolute Gasteiger partial charge is 0.0738 e. The van der Waals surface area contributed by atoms with Crippen LogP contribution >= 0.6 is 15.9 Å². The van der Waals surface area contributed by atoms with Crippen LogP contribution < -0.4 is 11.3 Å². The van der Waals surface area contributed by atoms with Crippen molar-refractivity contribution in [3.63, 3.8) is 0 Å². The van der Waals surface area contributed by atoms with Crippen molar-refractivity contribution < 1.29 is 0 Å². The van der Waals surface area contributed by atoms with Gasteiger partial charge in [-0.25, -0.2) is 0 Å². The van der Waals surface area contributed by atoms with Gasteiger partial charge in [-0.05, 0) is 53.4 Å². The third-order valence-electron chi connectivity index (χ3n) is 4.83. The van der Waals surface area contributed by atoms with Gasteiger partial charge in [0.1, 0.15) is 0 Å². The molecule has 3 N–H and O–H groups in total. The van der Waals surface area contributed by atoms with Crippen LogP contribution in [-0.2, 0) is 13.5 Å². The number of aryl methyl sites for hydroxylation is 2. The van der Waals surface area contributed by atoms with Crippen molar-refractivity contribution in [2.45, 2.75) is 38.6 Å². The number of nitrogens with two attached hydrogens (primary N) is 1. The van der Waals surface area contributed by atoms with Crippen LogP contribution in [-0.4, -0.2) is 15.8 Å². The molecule has 0 aliphatic heterocycles. The van der Waals surface area contributed by atoms with Crippen LogP contribution in [0.4, 0.5) is 0 Å².